The average molecular weight is 537 g/mol. The van der Waals surface area contributed by atoms with E-state index in [1.807, 2.05) is 0 Å². The number of rotatable bonds is 15. The van der Waals surface area contributed by atoms with Gasteiger partial charge in [-0.05, 0) is 48.7 Å². The van der Waals surface area contributed by atoms with Gasteiger partial charge in [-0.1, -0.05) is 12.2 Å². The molecule has 0 fully saturated rings. The molecule has 10 nitrogen and oxygen atoms in total. The van der Waals surface area contributed by atoms with Gasteiger partial charge in [0.1, 0.15) is 52.5 Å². The van der Waals surface area contributed by atoms with Crippen LogP contribution >= 0.6 is 0 Å². The Kier molecular flexibility index (Phi) is 11.4. The Labute approximate surface area is 223 Å². The van der Waals surface area contributed by atoms with E-state index in [1.54, 1.807) is 55.5 Å². The van der Waals surface area contributed by atoms with Crippen molar-refractivity contribution in [3.63, 3.8) is 0 Å². The third-order valence-corrected chi connectivity index (χ3v) is 6.57. The fraction of sp³-hybridized carbons (Fsp3) is 0.500. The molecule has 0 saturated heterocycles. The highest BCUT2D eigenvalue weighted by molar-refractivity contribution is 5.41. The Hall–Kier alpha value is -2.86. The van der Waals surface area contributed by atoms with Crippen molar-refractivity contribution in [2.24, 2.45) is 0 Å². The van der Waals surface area contributed by atoms with Gasteiger partial charge in [-0.2, -0.15) is 0 Å². The summed E-state index contributed by atoms with van der Waals surface area (Å²) in [7, 11) is 5.85. The molecule has 212 valence electrons. The quantitative estimate of drug-likeness (QED) is 0.181. The molecule has 0 heterocycles. The van der Waals surface area contributed by atoms with Gasteiger partial charge in [0.2, 0.25) is 0 Å². The molecule has 2 aromatic rings. The van der Waals surface area contributed by atoms with Gasteiger partial charge in [0.15, 0.2) is 0 Å². The maximum Gasteiger partial charge on any atom is 0.126 e. The summed E-state index contributed by atoms with van der Waals surface area (Å²) in [5.74, 6) is 1.69. The number of benzene rings is 2. The van der Waals surface area contributed by atoms with Crippen molar-refractivity contribution in [2.75, 3.05) is 35.0 Å². The molecule has 1 unspecified atom stereocenters. The van der Waals surface area contributed by atoms with E-state index in [1.165, 1.54) is 28.4 Å². The molecule has 5 atom stereocenters. The van der Waals surface area contributed by atoms with Crippen LogP contribution in [-0.2, 0) is 12.8 Å². The van der Waals surface area contributed by atoms with Gasteiger partial charge >= 0.3 is 0 Å². The molecule has 2 aromatic carbocycles. The standard InChI is InChI=1S/C28H40O10/c1-6-7-8-27(33,15-18-9-20(35-2)13-21(10-18)36-3)26(32)28(34,25(31)24(30)17-29)16-19-11-22(37-4)14-23(12-19)38-5/h6-7,9-14,24-26,29-34H,8,15-17H2,1-5H3/b7-6+/t24-,25+,26+,27?,28+/m0/s1. The molecule has 2 rings (SSSR count). The molecule has 6 N–H and O–H groups in total. The highest BCUT2D eigenvalue weighted by Gasteiger charge is 2.54. The van der Waals surface area contributed by atoms with Gasteiger partial charge in [0, 0.05) is 25.0 Å². The van der Waals surface area contributed by atoms with Gasteiger partial charge in [0.25, 0.3) is 0 Å². The minimum atomic E-state index is -2.53. The van der Waals surface area contributed by atoms with E-state index < -0.39 is 42.5 Å². The molecular weight excluding hydrogens is 496 g/mol. The van der Waals surface area contributed by atoms with Gasteiger partial charge < -0.3 is 49.6 Å². The number of hydrogen-bond donors (Lipinski definition) is 6. The molecule has 0 radical (unpaired) electrons. The predicted molar refractivity (Wildman–Crippen MR) is 141 cm³/mol. The molecule has 38 heavy (non-hydrogen) atoms. The van der Waals surface area contributed by atoms with E-state index in [0.29, 0.717) is 34.1 Å². The number of hydrogen-bond acceptors (Lipinski definition) is 10. The summed E-state index contributed by atoms with van der Waals surface area (Å²) < 4.78 is 21.2. The van der Waals surface area contributed by atoms with Crippen LogP contribution < -0.4 is 18.9 Å². The van der Waals surface area contributed by atoms with E-state index in [9.17, 15) is 30.6 Å². The van der Waals surface area contributed by atoms with Gasteiger partial charge in [-0.3, -0.25) is 0 Å². The van der Waals surface area contributed by atoms with E-state index in [-0.39, 0.29) is 12.8 Å². The molecule has 0 aliphatic rings. The van der Waals surface area contributed by atoms with E-state index in [0.717, 1.165) is 0 Å². The van der Waals surface area contributed by atoms with Crippen LogP contribution in [0.1, 0.15) is 24.5 Å². The second kappa shape index (κ2) is 13.8. The number of allylic oxidation sites excluding steroid dienone is 1. The lowest BCUT2D eigenvalue weighted by Gasteiger charge is -2.46. The number of aliphatic hydroxyl groups is 6. The zero-order valence-electron chi connectivity index (χ0n) is 22.5. The number of ether oxygens (including phenoxy) is 4. The summed E-state index contributed by atoms with van der Waals surface area (Å²) in [5.41, 5.74) is -3.67. The molecule has 0 bridgehead atoms. The van der Waals surface area contributed by atoms with Gasteiger partial charge in [0.05, 0.1) is 35.0 Å². The Balaban J connectivity index is 2.64. The van der Waals surface area contributed by atoms with Crippen molar-refractivity contribution in [1.29, 1.82) is 0 Å². The summed E-state index contributed by atoms with van der Waals surface area (Å²) >= 11 is 0. The summed E-state index contributed by atoms with van der Waals surface area (Å²) in [6, 6.07) is 9.70. The van der Waals surface area contributed by atoms with Crippen LogP contribution in [0.2, 0.25) is 0 Å². The Morgan fingerprint density at radius 1 is 0.737 bits per heavy atom. The smallest absolute Gasteiger partial charge is 0.126 e. The Bertz CT molecular complexity index is 1010. The lowest BCUT2D eigenvalue weighted by Crippen LogP contribution is -2.66. The van der Waals surface area contributed by atoms with Crippen LogP contribution in [-0.4, -0.2) is 95.2 Å². The molecule has 0 aliphatic heterocycles. The van der Waals surface area contributed by atoms with E-state index >= 15 is 0 Å². The van der Waals surface area contributed by atoms with E-state index in [4.69, 9.17) is 18.9 Å². The lowest BCUT2D eigenvalue weighted by molar-refractivity contribution is -0.228. The second-order valence-corrected chi connectivity index (χ2v) is 9.26. The minimum Gasteiger partial charge on any atom is -0.497 e. The third-order valence-electron chi connectivity index (χ3n) is 6.57. The van der Waals surface area contributed by atoms with Gasteiger partial charge in [-0.15, -0.1) is 0 Å². The monoisotopic (exact) mass is 536 g/mol. The maximum absolute atomic E-state index is 11.9. The predicted octanol–water partition coefficient (Wildman–Crippen LogP) is 1.01. The normalized spacial score (nSPS) is 17.2. The van der Waals surface area contributed by atoms with Crippen molar-refractivity contribution in [3.8, 4) is 23.0 Å². The fourth-order valence-corrected chi connectivity index (χ4v) is 4.48. The van der Waals surface area contributed by atoms with Crippen LogP contribution in [0, 0.1) is 0 Å². The molecule has 0 aromatic heterocycles. The van der Waals surface area contributed by atoms with Crippen LogP contribution in [0.15, 0.2) is 48.6 Å². The SMILES string of the molecule is C/C=C/CC(O)(Cc1cc(OC)cc(OC)c1)[C@@H](O)[C@@](O)(Cc1cc(OC)cc(OC)c1)[C@H](O)[C@@H](O)CO. The first kappa shape index (κ1) is 31.4. The Morgan fingerprint density at radius 3 is 1.53 bits per heavy atom. The first-order valence-corrected chi connectivity index (χ1v) is 12.1. The van der Waals surface area contributed by atoms with Crippen molar-refractivity contribution < 1.29 is 49.6 Å². The summed E-state index contributed by atoms with van der Waals surface area (Å²) in [5, 5.41) is 66.2. The molecule has 0 aliphatic carbocycles. The Morgan fingerprint density at radius 2 is 1.16 bits per heavy atom. The minimum absolute atomic E-state index is 0.115. The summed E-state index contributed by atoms with van der Waals surface area (Å²) in [6.07, 6.45) is -3.31. The average Bonchev–Trinajstić information content (AvgIpc) is 2.93. The van der Waals surface area contributed by atoms with Crippen molar-refractivity contribution in [3.05, 3.63) is 59.7 Å². The van der Waals surface area contributed by atoms with Crippen LogP contribution in [0.5, 0.6) is 23.0 Å². The van der Waals surface area contributed by atoms with Crippen LogP contribution in [0.25, 0.3) is 0 Å². The maximum atomic E-state index is 11.9. The zero-order chi connectivity index (χ0) is 28.5. The first-order chi connectivity index (χ1) is 18.0. The van der Waals surface area contributed by atoms with Crippen LogP contribution in [0.4, 0.5) is 0 Å². The lowest BCUT2D eigenvalue weighted by atomic mass is 9.71. The van der Waals surface area contributed by atoms with Crippen molar-refractivity contribution >= 4 is 0 Å². The van der Waals surface area contributed by atoms with Crippen molar-refractivity contribution in [2.45, 2.75) is 55.7 Å². The van der Waals surface area contributed by atoms with Crippen LogP contribution in [0.3, 0.4) is 0 Å². The second-order valence-electron chi connectivity index (χ2n) is 9.26. The number of aliphatic hydroxyl groups excluding tert-OH is 4. The largest absolute Gasteiger partial charge is 0.497 e. The summed E-state index contributed by atoms with van der Waals surface area (Å²) in [6.45, 7) is 0.846. The highest BCUT2D eigenvalue weighted by Crippen LogP contribution is 2.37. The van der Waals surface area contributed by atoms with E-state index in [2.05, 4.69) is 0 Å². The molecule has 0 spiro atoms. The molecular formula is C28H40O10. The first-order valence-electron chi connectivity index (χ1n) is 12.1. The topological polar surface area (TPSA) is 158 Å². The number of methoxy groups -OCH3 is 4. The third kappa shape index (κ3) is 7.37. The van der Waals surface area contributed by atoms with Crippen molar-refractivity contribution in [1.82, 2.24) is 0 Å². The zero-order valence-corrected chi connectivity index (χ0v) is 22.5. The van der Waals surface area contributed by atoms with Gasteiger partial charge in [-0.25, -0.2) is 0 Å². The molecule has 0 amide bonds. The molecule has 10 heteroatoms. The molecule has 0 saturated carbocycles. The summed E-state index contributed by atoms with van der Waals surface area (Å²) in [4.78, 5) is 0. The highest BCUT2D eigenvalue weighted by atomic mass is 16.5. The fourth-order valence-electron chi connectivity index (χ4n) is 4.48.